The number of nitrogens with zero attached hydrogens (tertiary/aromatic N) is 1. The highest BCUT2D eigenvalue weighted by Gasteiger charge is 2.35. The summed E-state index contributed by atoms with van der Waals surface area (Å²) in [5.74, 6) is 0.0531. The van der Waals surface area contributed by atoms with Gasteiger partial charge in [-0.25, -0.2) is 0 Å². The van der Waals surface area contributed by atoms with Crippen LogP contribution in [0.25, 0.3) is 0 Å². The maximum atomic E-state index is 11.5. The molecule has 1 aromatic carbocycles. The zero-order chi connectivity index (χ0) is 18.1. The predicted molar refractivity (Wildman–Crippen MR) is 102 cm³/mol. The molecule has 26 heavy (non-hydrogen) atoms. The molecule has 0 saturated carbocycles. The van der Waals surface area contributed by atoms with E-state index in [9.17, 15) is 15.0 Å². The molecule has 138 valence electrons. The van der Waals surface area contributed by atoms with Crippen molar-refractivity contribution in [1.29, 1.82) is 0 Å². The van der Waals surface area contributed by atoms with Crippen LogP contribution in [-0.2, 0) is 16.8 Å². The lowest BCUT2D eigenvalue weighted by Gasteiger charge is -2.38. The first-order valence-corrected chi connectivity index (χ1v) is 10.0. The van der Waals surface area contributed by atoms with Crippen LogP contribution in [0.2, 0.25) is 0 Å². The molecule has 3 heterocycles. The van der Waals surface area contributed by atoms with Crippen molar-refractivity contribution in [2.75, 3.05) is 25.0 Å². The highest BCUT2D eigenvalue weighted by Crippen LogP contribution is 2.36. The summed E-state index contributed by atoms with van der Waals surface area (Å²) in [7, 11) is 0. The van der Waals surface area contributed by atoms with Crippen molar-refractivity contribution in [3.63, 3.8) is 0 Å². The molecule has 0 aliphatic carbocycles. The minimum absolute atomic E-state index is 0.0531. The van der Waals surface area contributed by atoms with E-state index in [0.29, 0.717) is 25.8 Å². The number of carbonyl (C=O) groups excluding carboxylic acids is 1. The molecule has 0 bridgehead atoms. The Hall–Kier alpha value is -1.73. The topological polar surface area (TPSA) is 72.8 Å². The van der Waals surface area contributed by atoms with Crippen LogP contribution in [0.5, 0.6) is 0 Å². The normalized spacial score (nSPS) is 21.1. The number of β-amino-alcohol motifs (C(OH)–C–C–N with tert-alkyl or cyclic N) is 1. The molecule has 1 saturated heterocycles. The SMILES string of the molecule is O=C1CCc2cc(C(O)CN3CCC(O)(c4cccs4)CC3)ccc2N1. The van der Waals surface area contributed by atoms with Gasteiger partial charge in [-0.3, -0.25) is 4.79 Å². The quantitative estimate of drug-likeness (QED) is 0.772. The van der Waals surface area contributed by atoms with Crippen molar-refractivity contribution in [3.8, 4) is 0 Å². The van der Waals surface area contributed by atoms with E-state index in [1.807, 2.05) is 35.7 Å². The van der Waals surface area contributed by atoms with Gasteiger partial charge >= 0.3 is 0 Å². The lowest BCUT2D eigenvalue weighted by Crippen LogP contribution is -2.43. The van der Waals surface area contributed by atoms with E-state index in [0.717, 1.165) is 41.2 Å². The summed E-state index contributed by atoms with van der Waals surface area (Å²) in [5.41, 5.74) is 2.11. The van der Waals surface area contributed by atoms with Crippen molar-refractivity contribution in [2.45, 2.75) is 37.4 Å². The fraction of sp³-hybridized carbons (Fsp3) is 0.450. The van der Waals surface area contributed by atoms with E-state index in [2.05, 4.69) is 10.2 Å². The maximum Gasteiger partial charge on any atom is 0.224 e. The Bertz CT molecular complexity index is 782. The molecule has 1 aromatic heterocycles. The van der Waals surface area contributed by atoms with Crippen molar-refractivity contribution in [1.82, 2.24) is 4.90 Å². The number of anilines is 1. The molecule has 5 nitrogen and oxygen atoms in total. The minimum atomic E-state index is -0.723. The van der Waals surface area contributed by atoms with Gasteiger partial charge in [0.2, 0.25) is 5.91 Å². The van der Waals surface area contributed by atoms with Gasteiger partial charge in [0, 0.05) is 36.6 Å². The van der Waals surface area contributed by atoms with Gasteiger partial charge in [0.25, 0.3) is 0 Å². The molecule has 6 heteroatoms. The van der Waals surface area contributed by atoms with E-state index in [1.165, 1.54) is 0 Å². The Morgan fingerprint density at radius 3 is 2.77 bits per heavy atom. The summed E-state index contributed by atoms with van der Waals surface area (Å²) in [5, 5.41) is 26.4. The van der Waals surface area contributed by atoms with E-state index >= 15 is 0 Å². The summed E-state index contributed by atoms with van der Waals surface area (Å²) < 4.78 is 0. The van der Waals surface area contributed by atoms with Crippen LogP contribution in [0, 0.1) is 0 Å². The predicted octanol–water partition coefficient (Wildman–Crippen LogP) is 2.65. The molecule has 3 N–H and O–H groups in total. The smallest absolute Gasteiger partial charge is 0.224 e. The first-order chi connectivity index (χ1) is 12.5. The summed E-state index contributed by atoms with van der Waals surface area (Å²) in [6, 6.07) is 9.76. The van der Waals surface area contributed by atoms with Gasteiger partial charge < -0.3 is 20.4 Å². The fourth-order valence-corrected chi connectivity index (χ4v) is 4.74. The van der Waals surface area contributed by atoms with Crippen LogP contribution >= 0.6 is 11.3 Å². The Morgan fingerprint density at radius 1 is 1.23 bits per heavy atom. The third kappa shape index (κ3) is 3.55. The molecule has 2 aliphatic rings. The first kappa shape index (κ1) is 17.7. The molecule has 0 spiro atoms. The molecular weight excluding hydrogens is 348 g/mol. The van der Waals surface area contributed by atoms with Crippen LogP contribution < -0.4 is 5.32 Å². The van der Waals surface area contributed by atoms with Crippen LogP contribution in [-0.4, -0.2) is 40.7 Å². The third-order valence-corrected chi connectivity index (χ3v) is 6.57. The van der Waals surface area contributed by atoms with Gasteiger partial charge in [-0.05, 0) is 47.9 Å². The molecular formula is C20H24N2O3S. The summed E-state index contributed by atoms with van der Waals surface area (Å²) in [6.45, 7) is 2.10. The van der Waals surface area contributed by atoms with Crippen LogP contribution in [0.15, 0.2) is 35.7 Å². The van der Waals surface area contributed by atoms with Crippen molar-refractivity contribution in [3.05, 3.63) is 51.7 Å². The number of thiophene rings is 1. The maximum absolute atomic E-state index is 11.5. The van der Waals surface area contributed by atoms with E-state index < -0.39 is 11.7 Å². The van der Waals surface area contributed by atoms with Crippen molar-refractivity contribution >= 4 is 22.9 Å². The fourth-order valence-electron chi connectivity index (χ4n) is 3.86. The van der Waals surface area contributed by atoms with Crippen molar-refractivity contribution in [2.24, 2.45) is 0 Å². The average Bonchev–Trinajstić information content (AvgIpc) is 3.19. The lowest BCUT2D eigenvalue weighted by atomic mass is 9.89. The molecule has 2 aromatic rings. The van der Waals surface area contributed by atoms with Gasteiger partial charge in [0.15, 0.2) is 0 Å². The number of benzene rings is 1. The zero-order valence-electron chi connectivity index (χ0n) is 14.6. The summed E-state index contributed by atoms with van der Waals surface area (Å²) in [6.07, 6.45) is 2.04. The number of aryl methyl sites for hydroxylation is 1. The number of hydrogen-bond acceptors (Lipinski definition) is 5. The number of amides is 1. The second-order valence-corrected chi connectivity index (χ2v) is 8.24. The highest BCUT2D eigenvalue weighted by molar-refractivity contribution is 7.10. The number of likely N-dealkylation sites (tertiary alicyclic amines) is 1. The molecule has 1 amide bonds. The monoisotopic (exact) mass is 372 g/mol. The van der Waals surface area contributed by atoms with E-state index in [-0.39, 0.29) is 5.91 Å². The van der Waals surface area contributed by atoms with Gasteiger partial charge in [-0.1, -0.05) is 18.2 Å². The Kier molecular flexibility index (Phi) is 4.84. The number of aliphatic hydroxyl groups excluding tert-OH is 1. The number of fused-ring (bicyclic) bond motifs is 1. The van der Waals surface area contributed by atoms with Gasteiger partial charge in [0.1, 0.15) is 5.60 Å². The van der Waals surface area contributed by atoms with E-state index in [1.54, 1.807) is 11.3 Å². The lowest BCUT2D eigenvalue weighted by molar-refractivity contribution is -0.116. The Morgan fingerprint density at radius 2 is 2.04 bits per heavy atom. The second-order valence-electron chi connectivity index (χ2n) is 7.29. The Labute approximate surface area is 157 Å². The average molecular weight is 372 g/mol. The molecule has 0 radical (unpaired) electrons. The third-order valence-electron chi connectivity index (χ3n) is 5.50. The van der Waals surface area contributed by atoms with Crippen molar-refractivity contribution < 1.29 is 15.0 Å². The summed E-state index contributed by atoms with van der Waals surface area (Å²) >= 11 is 1.61. The zero-order valence-corrected chi connectivity index (χ0v) is 15.5. The largest absolute Gasteiger partial charge is 0.387 e. The van der Waals surface area contributed by atoms with Gasteiger partial charge in [-0.2, -0.15) is 0 Å². The number of nitrogens with one attached hydrogen (secondary N) is 1. The second kappa shape index (κ2) is 7.12. The molecule has 2 aliphatic heterocycles. The minimum Gasteiger partial charge on any atom is -0.387 e. The highest BCUT2D eigenvalue weighted by atomic mass is 32.1. The first-order valence-electron chi connectivity index (χ1n) is 9.13. The standard InChI is InChI=1S/C20H24N2O3S/c23-17(15-3-5-16-14(12-15)4-6-19(24)21-16)13-22-9-7-20(25,8-10-22)18-2-1-11-26-18/h1-3,5,11-12,17,23,25H,4,6-10,13H2,(H,21,24). The molecule has 1 atom stereocenters. The molecule has 1 fully saturated rings. The summed E-state index contributed by atoms with van der Waals surface area (Å²) in [4.78, 5) is 14.7. The number of aliphatic hydroxyl groups is 2. The molecule has 1 unspecified atom stereocenters. The number of rotatable bonds is 4. The van der Waals surface area contributed by atoms with Gasteiger partial charge in [-0.15, -0.1) is 11.3 Å². The van der Waals surface area contributed by atoms with E-state index in [4.69, 9.17) is 0 Å². The van der Waals surface area contributed by atoms with Crippen LogP contribution in [0.1, 0.15) is 41.4 Å². The number of hydrogen-bond donors (Lipinski definition) is 3. The Balaban J connectivity index is 1.37. The number of piperidine rings is 1. The molecule has 4 rings (SSSR count). The van der Waals surface area contributed by atoms with Crippen LogP contribution in [0.4, 0.5) is 5.69 Å². The van der Waals surface area contributed by atoms with Crippen LogP contribution in [0.3, 0.4) is 0 Å². The van der Waals surface area contributed by atoms with Gasteiger partial charge in [0.05, 0.1) is 6.10 Å². The number of carbonyl (C=O) groups is 1.